The maximum atomic E-state index is 10.5. The lowest BCUT2D eigenvalue weighted by Gasteiger charge is -2.19. The van der Waals surface area contributed by atoms with Crippen LogP contribution in [0.4, 0.5) is 0 Å². The largest absolute Gasteiger partial charge is 0.370 e. The molecule has 0 bridgehead atoms. The summed E-state index contributed by atoms with van der Waals surface area (Å²) in [6.45, 7) is 7.01. The molecule has 0 fully saturated rings. The Morgan fingerprint density at radius 1 is 1.33 bits per heavy atom. The first-order valence-electron chi connectivity index (χ1n) is 5.77. The minimum absolute atomic E-state index is 0.211. The zero-order valence-corrected chi connectivity index (χ0v) is 9.96. The summed E-state index contributed by atoms with van der Waals surface area (Å²) < 4.78 is 0. The van der Waals surface area contributed by atoms with Crippen LogP contribution in [0.3, 0.4) is 0 Å². The Hall–Kier alpha value is -0.610. The Labute approximate surface area is 92.8 Å². The van der Waals surface area contributed by atoms with Gasteiger partial charge in [0, 0.05) is 6.42 Å². The molecule has 1 unspecified atom stereocenters. The van der Waals surface area contributed by atoms with Gasteiger partial charge in [0.25, 0.3) is 0 Å². The van der Waals surface area contributed by atoms with Gasteiger partial charge >= 0.3 is 0 Å². The Kier molecular flexibility index (Phi) is 8.33. The molecule has 1 amide bonds. The topological polar surface area (TPSA) is 81.1 Å². The third-order valence-corrected chi connectivity index (χ3v) is 2.68. The van der Waals surface area contributed by atoms with E-state index in [1.807, 2.05) is 0 Å². The minimum atomic E-state index is -0.211. The van der Waals surface area contributed by atoms with Crippen LogP contribution in [0.1, 0.15) is 33.1 Å². The molecule has 0 aromatic heterocycles. The average molecular weight is 215 g/mol. The maximum Gasteiger partial charge on any atom is 0.217 e. The van der Waals surface area contributed by atoms with Gasteiger partial charge in [-0.25, -0.2) is 0 Å². The zero-order valence-electron chi connectivity index (χ0n) is 9.96. The molecule has 0 saturated heterocycles. The van der Waals surface area contributed by atoms with Gasteiger partial charge in [0.2, 0.25) is 5.91 Å². The molecule has 0 aliphatic carbocycles. The standard InChI is InChI=1S/C11H25N3O/c1-9(2)10(7-12)8-14-6-4-3-5-11(13)15/h9-10,14H,3-8,12H2,1-2H3,(H2,13,15). The summed E-state index contributed by atoms with van der Waals surface area (Å²) in [6.07, 6.45) is 2.36. The second-order valence-corrected chi connectivity index (χ2v) is 4.37. The summed E-state index contributed by atoms with van der Waals surface area (Å²) in [4.78, 5) is 10.5. The molecular weight excluding hydrogens is 190 g/mol. The lowest BCUT2D eigenvalue weighted by Crippen LogP contribution is -2.32. The highest BCUT2D eigenvalue weighted by molar-refractivity contribution is 5.73. The number of carbonyl (C=O) groups is 1. The van der Waals surface area contributed by atoms with Crippen molar-refractivity contribution < 1.29 is 4.79 Å². The van der Waals surface area contributed by atoms with Crippen molar-refractivity contribution in [1.29, 1.82) is 0 Å². The van der Waals surface area contributed by atoms with E-state index >= 15 is 0 Å². The van der Waals surface area contributed by atoms with Gasteiger partial charge in [-0.2, -0.15) is 0 Å². The molecule has 0 aliphatic heterocycles. The van der Waals surface area contributed by atoms with Crippen LogP contribution in [-0.2, 0) is 4.79 Å². The van der Waals surface area contributed by atoms with Gasteiger partial charge < -0.3 is 16.8 Å². The number of carbonyl (C=O) groups excluding carboxylic acids is 1. The van der Waals surface area contributed by atoms with Gasteiger partial charge in [-0.15, -0.1) is 0 Å². The number of hydrogen-bond donors (Lipinski definition) is 3. The van der Waals surface area contributed by atoms with E-state index in [1.54, 1.807) is 0 Å². The van der Waals surface area contributed by atoms with Crippen molar-refractivity contribution in [1.82, 2.24) is 5.32 Å². The van der Waals surface area contributed by atoms with E-state index in [9.17, 15) is 4.79 Å². The molecule has 4 nitrogen and oxygen atoms in total. The first-order chi connectivity index (χ1) is 7.07. The van der Waals surface area contributed by atoms with E-state index in [2.05, 4.69) is 19.2 Å². The normalized spacial score (nSPS) is 13.1. The van der Waals surface area contributed by atoms with E-state index in [4.69, 9.17) is 11.5 Å². The Balaban J connectivity index is 3.33. The molecule has 0 heterocycles. The van der Waals surface area contributed by atoms with Crippen LogP contribution in [-0.4, -0.2) is 25.5 Å². The number of primary amides is 1. The van der Waals surface area contributed by atoms with Crippen LogP contribution in [0.25, 0.3) is 0 Å². The van der Waals surface area contributed by atoms with Gasteiger partial charge in [-0.3, -0.25) is 4.79 Å². The molecule has 0 aromatic carbocycles. The molecule has 0 spiro atoms. The van der Waals surface area contributed by atoms with E-state index in [-0.39, 0.29) is 5.91 Å². The number of rotatable bonds is 9. The zero-order chi connectivity index (χ0) is 11.7. The van der Waals surface area contributed by atoms with Crippen LogP contribution in [0, 0.1) is 11.8 Å². The summed E-state index contributed by atoms with van der Waals surface area (Å²) in [7, 11) is 0. The Bertz CT molecular complexity index is 171. The minimum Gasteiger partial charge on any atom is -0.370 e. The SMILES string of the molecule is CC(C)C(CN)CNCCCCC(N)=O. The predicted molar refractivity (Wildman–Crippen MR) is 63.3 cm³/mol. The van der Waals surface area contributed by atoms with Crippen molar-refractivity contribution in [3.63, 3.8) is 0 Å². The van der Waals surface area contributed by atoms with Crippen molar-refractivity contribution in [2.24, 2.45) is 23.3 Å². The molecule has 5 N–H and O–H groups in total. The Morgan fingerprint density at radius 3 is 2.47 bits per heavy atom. The molecule has 0 rings (SSSR count). The van der Waals surface area contributed by atoms with Crippen LogP contribution in [0.15, 0.2) is 0 Å². The van der Waals surface area contributed by atoms with E-state index in [0.717, 1.165) is 32.5 Å². The van der Waals surface area contributed by atoms with Crippen molar-refractivity contribution in [3.8, 4) is 0 Å². The number of nitrogens with two attached hydrogens (primary N) is 2. The van der Waals surface area contributed by atoms with Crippen LogP contribution < -0.4 is 16.8 Å². The smallest absolute Gasteiger partial charge is 0.217 e. The molecular formula is C11H25N3O. The number of amides is 1. The second-order valence-electron chi connectivity index (χ2n) is 4.37. The van der Waals surface area contributed by atoms with Gasteiger partial charge in [0.1, 0.15) is 0 Å². The van der Waals surface area contributed by atoms with E-state index in [1.165, 1.54) is 0 Å². The molecule has 15 heavy (non-hydrogen) atoms. The van der Waals surface area contributed by atoms with Gasteiger partial charge in [0.05, 0.1) is 0 Å². The predicted octanol–water partition coefficient (Wildman–Crippen LogP) is 0.463. The molecule has 1 atom stereocenters. The third kappa shape index (κ3) is 8.39. The number of nitrogens with one attached hydrogen (secondary N) is 1. The van der Waals surface area contributed by atoms with Crippen molar-refractivity contribution in [3.05, 3.63) is 0 Å². The van der Waals surface area contributed by atoms with Crippen LogP contribution >= 0.6 is 0 Å². The highest BCUT2D eigenvalue weighted by atomic mass is 16.1. The molecule has 90 valence electrons. The molecule has 0 aromatic rings. The van der Waals surface area contributed by atoms with E-state index < -0.39 is 0 Å². The van der Waals surface area contributed by atoms with Gasteiger partial charge in [-0.05, 0) is 44.3 Å². The molecule has 0 radical (unpaired) electrons. The van der Waals surface area contributed by atoms with Crippen LogP contribution in [0.5, 0.6) is 0 Å². The monoisotopic (exact) mass is 215 g/mol. The fourth-order valence-electron chi connectivity index (χ4n) is 1.43. The first kappa shape index (κ1) is 14.4. The lowest BCUT2D eigenvalue weighted by molar-refractivity contribution is -0.118. The number of hydrogen-bond acceptors (Lipinski definition) is 3. The van der Waals surface area contributed by atoms with Gasteiger partial charge in [-0.1, -0.05) is 13.8 Å². The summed E-state index contributed by atoms with van der Waals surface area (Å²) in [6, 6.07) is 0. The van der Waals surface area contributed by atoms with E-state index in [0.29, 0.717) is 18.3 Å². The highest BCUT2D eigenvalue weighted by Crippen LogP contribution is 2.07. The molecule has 4 heteroatoms. The fourth-order valence-corrected chi connectivity index (χ4v) is 1.43. The highest BCUT2D eigenvalue weighted by Gasteiger charge is 2.09. The average Bonchev–Trinajstić information content (AvgIpc) is 2.15. The molecule has 0 saturated carbocycles. The Morgan fingerprint density at radius 2 is 2.00 bits per heavy atom. The second kappa shape index (κ2) is 8.68. The third-order valence-electron chi connectivity index (χ3n) is 2.68. The fraction of sp³-hybridized carbons (Fsp3) is 0.909. The summed E-state index contributed by atoms with van der Waals surface area (Å²) >= 11 is 0. The summed E-state index contributed by atoms with van der Waals surface area (Å²) in [5.41, 5.74) is 10.7. The van der Waals surface area contributed by atoms with Crippen molar-refractivity contribution in [2.45, 2.75) is 33.1 Å². The molecule has 0 aliphatic rings. The summed E-state index contributed by atoms with van der Waals surface area (Å²) in [5.74, 6) is 0.950. The van der Waals surface area contributed by atoms with Gasteiger partial charge in [0.15, 0.2) is 0 Å². The number of unbranched alkanes of at least 4 members (excludes halogenated alkanes) is 1. The lowest BCUT2D eigenvalue weighted by atomic mass is 9.96. The quantitative estimate of drug-likeness (QED) is 0.489. The summed E-state index contributed by atoms with van der Waals surface area (Å²) in [5, 5.41) is 3.36. The van der Waals surface area contributed by atoms with Crippen molar-refractivity contribution in [2.75, 3.05) is 19.6 Å². The van der Waals surface area contributed by atoms with Crippen LogP contribution in [0.2, 0.25) is 0 Å². The maximum absolute atomic E-state index is 10.5. The first-order valence-corrected chi connectivity index (χ1v) is 5.77. The van der Waals surface area contributed by atoms with Crippen molar-refractivity contribution >= 4 is 5.91 Å².